The molecule has 0 unspecified atom stereocenters. The fourth-order valence-corrected chi connectivity index (χ4v) is 3.01. The first-order valence-corrected chi connectivity index (χ1v) is 9.49. The highest BCUT2D eigenvalue weighted by atomic mass is 127. The predicted octanol–water partition coefficient (Wildman–Crippen LogP) is 4.34. The Morgan fingerprint density at radius 2 is 2.00 bits per heavy atom. The van der Waals surface area contributed by atoms with Crippen LogP contribution in [0.1, 0.15) is 37.3 Å². The molecule has 2 aromatic rings. The molecule has 1 amide bonds. The Kier molecular flexibility index (Phi) is 7.90. The van der Waals surface area contributed by atoms with Crippen molar-refractivity contribution in [3.63, 3.8) is 0 Å². The second-order valence-electron chi connectivity index (χ2n) is 5.85. The van der Waals surface area contributed by atoms with Crippen LogP contribution in [-0.4, -0.2) is 25.8 Å². The zero-order chi connectivity index (χ0) is 18.9. The minimum absolute atomic E-state index is 0.0832. The van der Waals surface area contributed by atoms with Crippen molar-refractivity contribution >= 4 is 34.7 Å². The molecule has 0 heterocycles. The van der Waals surface area contributed by atoms with Crippen LogP contribution in [0.4, 0.5) is 0 Å². The Balaban J connectivity index is 1.80. The molecule has 6 heteroatoms. The van der Waals surface area contributed by atoms with Crippen molar-refractivity contribution in [2.75, 3.05) is 13.7 Å². The second kappa shape index (κ2) is 10.2. The van der Waals surface area contributed by atoms with E-state index in [0.29, 0.717) is 11.7 Å². The van der Waals surface area contributed by atoms with Gasteiger partial charge in [-0.1, -0.05) is 26.0 Å². The molecule has 26 heavy (non-hydrogen) atoms. The number of ether oxygens (including phenoxy) is 2. The van der Waals surface area contributed by atoms with Crippen molar-refractivity contribution < 1.29 is 14.3 Å². The molecule has 0 aliphatic rings. The zero-order valence-corrected chi connectivity index (χ0v) is 17.3. The Bertz CT molecular complexity index is 760. The first-order chi connectivity index (χ1) is 12.5. The van der Waals surface area contributed by atoms with Crippen LogP contribution in [0.2, 0.25) is 0 Å². The summed E-state index contributed by atoms with van der Waals surface area (Å²) in [6.45, 7) is 4.26. The van der Waals surface area contributed by atoms with Crippen LogP contribution in [0.3, 0.4) is 0 Å². The average Bonchev–Trinajstić information content (AvgIpc) is 2.66. The molecule has 0 aromatic heterocycles. The molecule has 0 saturated heterocycles. The number of hydrazone groups is 1. The molecule has 0 spiro atoms. The SMILES string of the molecule is CC[C@H](C)c1ccc(OCC(=O)NN=Cc2ccc(OC)c(I)c2)cc1. The number of halogens is 1. The van der Waals surface area contributed by atoms with E-state index in [1.165, 1.54) is 5.56 Å². The molecule has 0 radical (unpaired) electrons. The van der Waals surface area contributed by atoms with Crippen molar-refractivity contribution in [2.45, 2.75) is 26.2 Å². The smallest absolute Gasteiger partial charge is 0.277 e. The molecule has 1 N–H and O–H groups in total. The van der Waals surface area contributed by atoms with Gasteiger partial charge in [-0.05, 0) is 76.4 Å². The van der Waals surface area contributed by atoms with Crippen molar-refractivity contribution in [3.05, 3.63) is 57.2 Å². The molecule has 1 atom stereocenters. The fourth-order valence-electron chi connectivity index (χ4n) is 2.25. The second-order valence-corrected chi connectivity index (χ2v) is 7.02. The van der Waals surface area contributed by atoms with Crippen LogP contribution in [-0.2, 0) is 4.79 Å². The average molecular weight is 466 g/mol. The van der Waals surface area contributed by atoms with Gasteiger partial charge in [-0.15, -0.1) is 0 Å². The number of rotatable bonds is 8. The summed E-state index contributed by atoms with van der Waals surface area (Å²) in [4.78, 5) is 11.8. The summed E-state index contributed by atoms with van der Waals surface area (Å²) >= 11 is 2.19. The largest absolute Gasteiger partial charge is 0.496 e. The molecule has 2 aromatic carbocycles. The summed E-state index contributed by atoms with van der Waals surface area (Å²) in [7, 11) is 1.63. The molecule has 0 bridgehead atoms. The normalized spacial score (nSPS) is 12.0. The maximum Gasteiger partial charge on any atom is 0.277 e. The molecule has 0 fully saturated rings. The van der Waals surface area contributed by atoms with Crippen molar-refractivity contribution in [3.8, 4) is 11.5 Å². The number of methoxy groups -OCH3 is 1. The third-order valence-corrected chi connectivity index (χ3v) is 4.85. The van der Waals surface area contributed by atoms with Gasteiger partial charge in [0.2, 0.25) is 0 Å². The van der Waals surface area contributed by atoms with Crippen molar-refractivity contribution in [1.29, 1.82) is 0 Å². The van der Waals surface area contributed by atoms with Gasteiger partial charge in [0.05, 0.1) is 16.9 Å². The van der Waals surface area contributed by atoms with Crippen LogP contribution in [0.5, 0.6) is 11.5 Å². The van der Waals surface area contributed by atoms with Gasteiger partial charge in [-0.3, -0.25) is 4.79 Å². The first-order valence-electron chi connectivity index (χ1n) is 8.41. The van der Waals surface area contributed by atoms with E-state index >= 15 is 0 Å². The summed E-state index contributed by atoms with van der Waals surface area (Å²) in [5, 5.41) is 3.95. The summed E-state index contributed by atoms with van der Waals surface area (Å²) in [6.07, 6.45) is 2.67. The summed E-state index contributed by atoms with van der Waals surface area (Å²) in [6, 6.07) is 13.5. The van der Waals surface area contributed by atoms with Gasteiger partial charge in [-0.2, -0.15) is 5.10 Å². The van der Waals surface area contributed by atoms with Gasteiger partial charge in [0.1, 0.15) is 11.5 Å². The fraction of sp³-hybridized carbons (Fsp3) is 0.300. The van der Waals surface area contributed by atoms with Gasteiger partial charge in [0, 0.05) is 0 Å². The van der Waals surface area contributed by atoms with E-state index in [-0.39, 0.29) is 12.5 Å². The topological polar surface area (TPSA) is 59.9 Å². The monoisotopic (exact) mass is 466 g/mol. The van der Waals surface area contributed by atoms with Crippen LogP contribution in [0.15, 0.2) is 47.6 Å². The van der Waals surface area contributed by atoms with E-state index in [2.05, 4.69) is 47.0 Å². The number of amides is 1. The number of carbonyl (C=O) groups is 1. The summed E-state index contributed by atoms with van der Waals surface area (Å²) < 4.78 is 11.7. The van der Waals surface area contributed by atoms with Crippen LogP contribution >= 0.6 is 22.6 Å². The van der Waals surface area contributed by atoms with Gasteiger partial charge in [0.15, 0.2) is 6.61 Å². The van der Waals surface area contributed by atoms with E-state index in [4.69, 9.17) is 9.47 Å². The van der Waals surface area contributed by atoms with E-state index in [1.807, 2.05) is 42.5 Å². The van der Waals surface area contributed by atoms with E-state index in [9.17, 15) is 4.79 Å². The molecule has 0 saturated carbocycles. The maximum absolute atomic E-state index is 11.8. The Labute approximate surface area is 167 Å². The molecule has 138 valence electrons. The molecular weight excluding hydrogens is 443 g/mol. The standard InChI is InChI=1S/C20H23IN2O3/c1-4-14(2)16-6-8-17(9-7-16)26-13-20(24)23-22-12-15-5-10-19(25-3)18(21)11-15/h5-12,14H,4,13H2,1-3H3,(H,23,24)/t14-/m0/s1. The number of benzene rings is 2. The number of nitrogens with zero attached hydrogens (tertiary/aromatic N) is 1. The predicted molar refractivity (Wildman–Crippen MR) is 112 cm³/mol. The minimum Gasteiger partial charge on any atom is -0.496 e. The molecule has 5 nitrogen and oxygen atoms in total. The molecular formula is C20H23IN2O3. The van der Waals surface area contributed by atoms with Crippen LogP contribution < -0.4 is 14.9 Å². The lowest BCUT2D eigenvalue weighted by atomic mass is 9.99. The van der Waals surface area contributed by atoms with E-state index in [0.717, 1.165) is 21.3 Å². The lowest BCUT2D eigenvalue weighted by Crippen LogP contribution is -2.24. The Morgan fingerprint density at radius 1 is 1.27 bits per heavy atom. The molecule has 0 aliphatic carbocycles. The first kappa shape index (κ1) is 20.2. The van der Waals surface area contributed by atoms with E-state index in [1.54, 1.807) is 13.3 Å². The lowest BCUT2D eigenvalue weighted by Gasteiger charge is -2.10. The maximum atomic E-state index is 11.8. The Morgan fingerprint density at radius 3 is 2.62 bits per heavy atom. The quantitative estimate of drug-likeness (QED) is 0.358. The summed E-state index contributed by atoms with van der Waals surface area (Å²) in [5.74, 6) is 1.68. The number of carbonyl (C=O) groups excluding carboxylic acids is 1. The van der Waals surface area contributed by atoms with Gasteiger partial charge in [0.25, 0.3) is 5.91 Å². The van der Waals surface area contributed by atoms with E-state index < -0.39 is 0 Å². The van der Waals surface area contributed by atoms with Gasteiger partial charge in [-0.25, -0.2) is 5.43 Å². The van der Waals surface area contributed by atoms with Gasteiger partial charge < -0.3 is 9.47 Å². The number of nitrogens with one attached hydrogen (secondary N) is 1. The third-order valence-electron chi connectivity index (χ3n) is 4.01. The number of hydrogen-bond donors (Lipinski definition) is 1. The molecule has 0 aliphatic heterocycles. The molecule has 2 rings (SSSR count). The highest BCUT2D eigenvalue weighted by molar-refractivity contribution is 14.1. The van der Waals surface area contributed by atoms with Gasteiger partial charge >= 0.3 is 0 Å². The van der Waals surface area contributed by atoms with Crippen LogP contribution in [0.25, 0.3) is 0 Å². The third kappa shape index (κ3) is 6.01. The van der Waals surface area contributed by atoms with Crippen molar-refractivity contribution in [1.82, 2.24) is 5.43 Å². The highest BCUT2D eigenvalue weighted by Crippen LogP contribution is 2.22. The highest BCUT2D eigenvalue weighted by Gasteiger charge is 2.05. The number of hydrogen-bond acceptors (Lipinski definition) is 4. The minimum atomic E-state index is -0.310. The zero-order valence-electron chi connectivity index (χ0n) is 15.2. The Hall–Kier alpha value is -2.09. The van der Waals surface area contributed by atoms with Crippen molar-refractivity contribution in [2.24, 2.45) is 5.10 Å². The summed E-state index contributed by atoms with van der Waals surface area (Å²) in [5.41, 5.74) is 4.60. The lowest BCUT2D eigenvalue weighted by molar-refractivity contribution is -0.123. The van der Waals surface area contributed by atoms with Crippen LogP contribution in [0, 0.1) is 3.57 Å².